The molecule has 2 aromatic rings. The third kappa shape index (κ3) is 2.26. The van der Waals surface area contributed by atoms with Gasteiger partial charge in [0.1, 0.15) is 11.0 Å². The lowest BCUT2D eigenvalue weighted by Crippen LogP contribution is -2.09. The number of fused-ring (bicyclic) bond motifs is 1. The van der Waals surface area contributed by atoms with Crippen LogP contribution in [0, 0.1) is 0 Å². The minimum absolute atomic E-state index is 0.212. The molecule has 17 heavy (non-hydrogen) atoms. The number of benzene rings is 1. The summed E-state index contributed by atoms with van der Waals surface area (Å²) in [6, 6.07) is 4.95. The lowest BCUT2D eigenvalue weighted by Gasteiger charge is -2.04. The molecule has 0 aliphatic heterocycles. The second kappa shape index (κ2) is 4.92. The average Bonchev–Trinajstić information content (AvgIpc) is 2.73. The molecule has 0 atom stereocenters. The molecule has 0 unspecified atom stereocenters. The molecule has 0 aliphatic rings. The number of carboxylic acid groups (broad SMARTS) is 1. The van der Waals surface area contributed by atoms with Crippen LogP contribution >= 0.6 is 0 Å². The molecule has 0 aliphatic carbocycles. The van der Waals surface area contributed by atoms with E-state index in [1.807, 2.05) is 6.92 Å². The molecular weight excluding hydrogens is 222 g/mol. The Hall–Kier alpha value is -1.95. The summed E-state index contributed by atoms with van der Waals surface area (Å²) in [6.45, 7) is 3.51. The van der Waals surface area contributed by atoms with Crippen LogP contribution in [0.3, 0.4) is 0 Å². The molecule has 1 N–H and O–H groups in total. The molecule has 6 nitrogen and oxygen atoms in total. The van der Waals surface area contributed by atoms with E-state index < -0.39 is 5.97 Å². The minimum atomic E-state index is -0.976. The molecule has 0 bridgehead atoms. The lowest BCUT2D eigenvalue weighted by molar-refractivity contribution is 0.0698. The Bertz CT molecular complexity index is 536. The number of ether oxygens (including phenoxy) is 1. The van der Waals surface area contributed by atoms with Crippen molar-refractivity contribution in [2.24, 2.45) is 0 Å². The SMILES string of the molecule is CCOCCn1nnc2cccc(C(=O)O)c21. The Morgan fingerprint density at radius 1 is 1.53 bits per heavy atom. The van der Waals surface area contributed by atoms with Crippen molar-refractivity contribution in [2.45, 2.75) is 13.5 Å². The van der Waals surface area contributed by atoms with E-state index in [0.717, 1.165) is 0 Å². The molecular formula is C11H13N3O3. The van der Waals surface area contributed by atoms with Crippen molar-refractivity contribution in [3.05, 3.63) is 23.8 Å². The minimum Gasteiger partial charge on any atom is -0.478 e. The summed E-state index contributed by atoms with van der Waals surface area (Å²) < 4.78 is 6.78. The van der Waals surface area contributed by atoms with Gasteiger partial charge < -0.3 is 9.84 Å². The number of aromatic nitrogens is 3. The van der Waals surface area contributed by atoms with Crippen LogP contribution in [0.25, 0.3) is 11.0 Å². The van der Waals surface area contributed by atoms with Crippen molar-refractivity contribution in [1.29, 1.82) is 0 Å². The smallest absolute Gasteiger partial charge is 0.337 e. The maximum absolute atomic E-state index is 11.1. The molecule has 6 heteroatoms. The van der Waals surface area contributed by atoms with Crippen molar-refractivity contribution < 1.29 is 14.6 Å². The fourth-order valence-corrected chi connectivity index (χ4v) is 1.65. The lowest BCUT2D eigenvalue weighted by atomic mass is 10.2. The highest BCUT2D eigenvalue weighted by Gasteiger charge is 2.13. The first-order valence-corrected chi connectivity index (χ1v) is 5.37. The van der Waals surface area contributed by atoms with Crippen LogP contribution < -0.4 is 0 Å². The third-order valence-corrected chi connectivity index (χ3v) is 2.42. The first kappa shape index (κ1) is 11.5. The van der Waals surface area contributed by atoms with Gasteiger partial charge in [-0.3, -0.25) is 0 Å². The molecule has 90 valence electrons. The van der Waals surface area contributed by atoms with Crippen LogP contribution in [0.15, 0.2) is 18.2 Å². The second-order valence-electron chi connectivity index (χ2n) is 3.49. The zero-order valence-electron chi connectivity index (χ0n) is 9.46. The maximum atomic E-state index is 11.1. The van der Waals surface area contributed by atoms with Gasteiger partial charge in [0.2, 0.25) is 0 Å². The molecule has 0 radical (unpaired) electrons. The first-order chi connectivity index (χ1) is 8.24. The van der Waals surface area contributed by atoms with Crippen molar-refractivity contribution in [3.63, 3.8) is 0 Å². The molecule has 1 heterocycles. The second-order valence-corrected chi connectivity index (χ2v) is 3.49. The molecule has 2 rings (SSSR count). The van der Waals surface area contributed by atoms with Gasteiger partial charge in [0.15, 0.2) is 0 Å². The molecule has 1 aromatic heterocycles. The van der Waals surface area contributed by atoms with Crippen LogP contribution in [0.2, 0.25) is 0 Å². The van der Waals surface area contributed by atoms with E-state index >= 15 is 0 Å². The maximum Gasteiger partial charge on any atom is 0.337 e. The van der Waals surface area contributed by atoms with E-state index in [2.05, 4.69) is 10.3 Å². The summed E-state index contributed by atoms with van der Waals surface area (Å²) in [5.74, 6) is -0.976. The van der Waals surface area contributed by atoms with E-state index in [-0.39, 0.29) is 5.56 Å². The van der Waals surface area contributed by atoms with E-state index in [1.54, 1.807) is 22.9 Å². The fourth-order valence-electron chi connectivity index (χ4n) is 1.65. The van der Waals surface area contributed by atoms with Crippen molar-refractivity contribution in [3.8, 4) is 0 Å². The summed E-state index contributed by atoms with van der Waals surface area (Å²) in [7, 11) is 0. The van der Waals surface area contributed by atoms with Crippen LogP contribution in [0.4, 0.5) is 0 Å². The molecule has 1 aromatic carbocycles. The van der Waals surface area contributed by atoms with E-state index in [4.69, 9.17) is 9.84 Å². The third-order valence-electron chi connectivity index (χ3n) is 2.42. The van der Waals surface area contributed by atoms with E-state index in [0.29, 0.717) is 30.8 Å². The van der Waals surface area contributed by atoms with Crippen LogP contribution in [-0.4, -0.2) is 39.3 Å². The predicted molar refractivity (Wildman–Crippen MR) is 61.0 cm³/mol. The number of carbonyl (C=O) groups is 1. The summed E-state index contributed by atoms with van der Waals surface area (Å²) >= 11 is 0. The number of aromatic carboxylic acids is 1. The Balaban J connectivity index is 2.39. The topological polar surface area (TPSA) is 77.2 Å². The van der Waals surface area contributed by atoms with Crippen molar-refractivity contribution in [2.75, 3.05) is 13.2 Å². The van der Waals surface area contributed by atoms with Gasteiger partial charge in [0.05, 0.1) is 18.7 Å². The number of rotatable bonds is 5. The highest BCUT2D eigenvalue weighted by molar-refractivity contribution is 6.00. The normalized spacial score (nSPS) is 10.9. The average molecular weight is 235 g/mol. The zero-order chi connectivity index (χ0) is 12.3. The number of hydrogen-bond acceptors (Lipinski definition) is 4. The number of para-hydroxylation sites is 1. The van der Waals surface area contributed by atoms with Gasteiger partial charge in [0.25, 0.3) is 0 Å². The van der Waals surface area contributed by atoms with Crippen LogP contribution in [0.1, 0.15) is 17.3 Å². The van der Waals surface area contributed by atoms with Crippen LogP contribution in [-0.2, 0) is 11.3 Å². The van der Waals surface area contributed by atoms with Gasteiger partial charge in [0, 0.05) is 6.61 Å². The van der Waals surface area contributed by atoms with E-state index in [1.165, 1.54) is 0 Å². The molecule has 0 spiro atoms. The molecule has 0 saturated heterocycles. The number of hydrogen-bond donors (Lipinski definition) is 1. The van der Waals surface area contributed by atoms with E-state index in [9.17, 15) is 4.79 Å². The monoisotopic (exact) mass is 235 g/mol. The highest BCUT2D eigenvalue weighted by Crippen LogP contribution is 2.16. The quantitative estimate of drug-likeness (QED) is 0.787. The Morgan fingerprint density at radius 3 is 3.06 bits per heavy atom. The molecule has 0 saturated carbocycles. The summed E-state index contributed by atoms with van der Waals surface area (Å²) in [5.41, 5.74) is 1.34. The van der Waals surface area contributed by atoms with Gasteiger partial charge in [-0.1, -0.05) is 11.3 Å². The zero-order valence-corrected chi connectivity index (χ0v) is 9.46. The Kier molecular flexibility index (Phi) is 3.34. The first-order valence-electron chi connectivity index (χ1n) is 5.37. The summed E-state index contributed by atoms with van der Waals surface area (Å²) in [4.78, 5) is 11.1. The fraction of sp³-hybridized carbons (Fsp3) is 0.364. The summed E-state index contributed by atoms with van der Waals surface area (Å²) in [6.07, 6.45) is 0. The van der Waals surface area contributed by atoms with Crippen LogP contribution in [0.5, 0.6) is 0 Å². The largest absolute Gasteiger partial charge is 0.478 e. The molecule has 0 amide bonds. The highest BCUT2D eigenvalue weighted by atomic mass is 16.5. The Labute approximate surface area is 97.8 Å². The summed E-state index contributed by atoms with van der Waals surface area (Å²) in [5, 5.41) is 17.0. The standard InChI is InChI=1S/C11H13N3O3/c1-2-17-7-6-14-10-8(11(15)16)4-3-5-9(10)12-13-14/h3-5H,2,6-7H2,1H3,(H,15,16). The van der Waals surface area contributed by atoms with Gasteiger partial charge >= 0.3 is 5.97 Å². The molecule has 0 fully saturated rings. The van der Waals surface area contributed by atoms with Crippen molar-refractivity contribution >= 4 is 17.0 Å². The van der Waals surface area contributed by atoms with Gasteiger partial charge in [-0.25, -0.2) is 9.48 Å². The van der Waals surface area contributed by atoms with Crippen molar-refractivity contribution in [1.82, 2.24) is 15.0 Å². The van der Waals surface area contributed by atoms with Gasteiger partial charge in [-0.2, -0.15) is 0 Å². The van der Waals surface area contributed by atoms with Gasteiger partial charge in [-0.15, -0.1) is 5.10 Å². The number of carboxylic acids is 1. The predicted octanol–water partition coefficient (Wildman–Crippen LogP) is 1.17. The van der Waals surface area contributed by atoms with Gasteiger partial charge in [-0.05, 0) is 19.1 Å². The Morgan fingerprint density at radius 2 is 2.35 bits per heavy atom. The number of nitrogens with zero attached hydrogens (tertiary/aromatic N) is 3.